The lowest BCUT2D eigenvalue weighted by Crippen LogP contribution is -2.46. The van der Waals surface area contributed by atoms with E-state index in [-0.39, 0.29) is 11.9 Å². The van der Waals surface area contributed by atoms with E-state index in [2.05, 4.69) is 26.4 Å². The Kier molecular flexibility index (Phi) is 6.85. The van der Waals surface area contributed by atoms with Crippen LogP contribution in [0.2, 0.25) is 0 Å². The summed E-state index contributed by atoms with van der Waals surface area (Å²) >= 11 is 0. The van der Waals surface area contributed by atoms with Crippen LogP contribution >= 0.6 is 0 Å². The van der Waals surface area contributed by atoms with Gasteiger partial charge in [0.15, 0.2) is 5.96 Å². The average molecular weight is 318 g/mol. The van der Waals surface area contributed by atoms with Crippen LogP contribution in [-0.2, 0) is 4.74 Å². The fourth-order valence-electron chi connectivity index (χ4n) is 2.58. The van der Waals surface area contributed by atoms with Gasteiger partial charge in [-0.3, -0.25) is 9.89 Å². The van der Waals surface area contributed by atoms with Crippen LogP contribution in [0.5, 0.6) is 0 Å². The zero-order valence-electron chi connectivity index (χ0n) is 13.4. The maximum absolute atomic E-state index is 13.2. The minimum atomic E-state index is -0.228. The van der Waals surface area contributed by atoms with Crippen LogP contribution in [0.15, 0.2) is 29.3 Å². The number of hydrogen-bond donors (Lipinski definition) is 2. The molecular weight excluding hydrogens is 295 g/mol. The molecule has 124 valence electrons. The zero-order valence-corrected chi connectivity index (χ0v) is 13.4. The van der Waals surface area contributed by atoms with Crippen molar-refractivity contribution in [2.24, 2.45) is 4.99 Å². The number of rotatable bonds is 5. The molecule has 1 aromatic rings. The zero-order chi connectivity index (χ0) is 16.5. The van der Waals surface area contributed by atoms with Crippen LogP contribution in [0, 0.1) is 18.2 Å². The third-order valence-corrected chi connectivity index (χ3v) is 3.79. The van der Waals surface area contributed by atoms with Gasteiger partial charge in [0.2, 0.25) is 0 Å². The normalized spacial score (nSPS) is 17.3. The molecule has 6 heteroatoms. The van der Waals surface area contributed by atoms with E-state index in [1.165, 1.54) is 12.1 Å². The van der Waals surface area contributed by atoms with Crippen LogP contribution < -0.4 is 10.6 Å². The van der Waals surface area contributed by atoms with E-state index in [4.69, 9.17) is 11.2 Å². The molecule has 0 amide bonds. The lowest BCUT2D eigenvalue weighted by Gasteiger charge is -2.35. The van der Waals surface area contributed by atoms with Gasteiger partial charge >= 0.3 is 0 Å². The van der Waals surface area contributed by atoms with E-state index in [1.54, 1.807) is 7.05 Å². The number of halogens is 1. The van der Waals surface area contributed by atoms with Gasteiger partial charge in [-0.05, 0) is 17.7 Å². The van der Waals surface area contributed by atoms with E-state index in [9.17, 15) is 4.39 Å². The van der Waals surface area contributed by atoms with Crippen molar-refractivity contribution >= 4 is 5.96 Å². The number of aliphatic imine (C=N–C) groups is 1. The first-order chi connectivity index (χ1) is 11.2. The highest BCUT2D eigenvalue weighted by Crippen LogP contribution is 2.21. The Labute approximate surface area is 136 Å². The molecule has 0 aromatic heterocycles. The summed E-state index contributed by atoms with van der Waals surface area (Å²) in [6, 6.07) is 6.76. The highest BCUT2D eigenvalue weighted by molar-refractivity contribution is 5.79. The fraction of sp³-hybridized carbons (Fsp3) is 0.471. The standard InChI is InChI=1S/C17H23FN4O/c1-3-8-20-17(19-2)21-13-16(22-9-11-23-12-10-22)14-4-6-15(18)7-5-14/h1,4-7,16H,8-13H2,2H3,(H2,19,20,21). The number of hydrogen-bond acceptors (Lipinski definition) is 3. The molecule has 1 heterocycles. The Morgan fingerprint density at radius 3 is 2.65 bits per heavy atom. The van der Waals surface area contributed by atoms with Gasteiger partial charge in [0.1, 0.15) is 5.82 Å². The number of guanidine groups is 1. The Bertz CT molecular complexity index is 547. The largest absolute Gasteiger partial charge is 0.379 e. The topological polar surface area (TPSA) is 48.9 Å². The number of ether oxygens (including phenoxy) is 1. The highest BCUT2D eigenvalue weighted by Gasteiger charge is 2.22. The van der Waals surface area contributed by atoms with Gasteiger partial charge in [-0.15, -0.1) is 6.42 Å². The molecule has 1 aliphatic heterocycles. The van der Waals surface area contributed by atoms with Crippen molar-refractivity contribution in [3.05, 3.63) is 35.6 Å². The maximum Gasteiger partial charge on any atom is 0.191 e. The number of benzene rings is 1. The minimum absolute atomic E-state index is 0.115. The predicted octanol–water partition coefficient (Wildman–Crippen LogP) is 0.997. The van der Waals surface area contributed by atoms with E-state index < -0.39 is 0 Å². The van der Waals surface area contributed by atoms with Gasteiger partial charge in [0.05, 0.1) is 25.8 Å². The van der Waals surface area contributed by atoms with Crippen molar-refractivity contribution in [1.29, 1.82) is 0 Å². The molecular formula is C17H23FN4O. The summed E-state index contributed by atoms with van der Waals surface area (Å²) in [5, 5.41) is 6.32. The van der Waals surface area contributed by atoms with Gasteiger partial charge in [-0.25, -0.2) is 4.39 Å². The first-order valence-corrected chi connectivity index (χ1v) is 7.70. The smallest absolute Gasteiger partial charge is 0.191 e. The van der Waals surface area contributed by atoms with Gasteiger partial charge in [0, 0.05) is 26.7 Å². The quantitative estimate of drug-likeness (QED) is 0.483. The summed E-state index contributed by atoms with van der Waals surface area (Å²) < 4.78 is 18.6. The second-order valence-corrected chi connectivity index (χ2v) is 5.23. The fourth-order valence-corrected chi connectivity index (χ4v) is 2.58. The monoisotopic (exact) mass is 318 g/mol. The van der Waals surface area contributed by atoms with E-state index in [0.717, 1.165) is 18.7 Å². The van der Waals surface area contributed by atoms with Crippen molar-refractivity contribution in [3.8, 4) is 12.3 Å². The molecule has 0 spiro atoms. The summed E-state index contributed by atoms with van der Waals surface area (Å²) in [7, 11) is 1.70. The second kappa shape index (κ2) is 9.13. The summed E-state index contributed by atoms with van der Waals surface area (Å²) in [6.45, 7) is 4.18. The lowest BCUT2D eigenvalue weighted by molar-refractivity contribution is 0.0170. The molecule has 23 heavy (non-hydrogen) atoms. The third-order valence-electron chi connectivity index (χ3n) is 3.79. The second-order valence-electron chi connectivity index (χ2n) is 5.23. The van der Waals surface area contributed by atoms with Gasteiger partial charge < -0.3 is 15.4 Å². The molecule has 1 atom stereocenters. The molecule has 1 fully saturated rings. The maximum atomic E-state index is 13.2. The van der Waals surface area contributed by atoms with E-state index in [0.29, 0.717) is 32.3 Å². The first-order valence-electron chi connectivity index (χ1n) is 7.70. The average Bonchev–Trinajstić information content (AvgIpc) is 2.60. The summed E-state index contributed by atoms with van der Waals surface area (Å²) in [4.78, 5) is 6.48. The number of morpholine rings is 1. The van der Waals surface area contributed by atoms with Crippen LogP contribution in [-0.4, -0.2) is 57.3 Å². The van der Waals surface area contributed by atoms with Crippen LogP contribution in [0.1, 0.15) is 11.6 Å². The van der Waals surface area contributed by atoms with Crippen molar-refractivity contribution in [2.75, 3.05) is 46.4 Å². The van der Waals surface area contributed by atoms with E-state index in [1.807, 2.05) is 12.1 Å². The predicted molar refractivity (Wildman–Crippen MR) is 89.7 cm³/mol. The Morgan fingerprint density at radius 1 is 1.35 bits per heavy atom. The molecule has 1 unspecified atom stereocenters. The van der Waals surface area contributed by atoms with Gasteiger partial charge in [-0.1, -0.05) is 18.1 Å². The van der Waals surface area contributed by atoms with Crippen LogP contribution in [0.4, 0.5) is 4.39 Å². The Hall–Kier alpha value is -2.10. The van der Waals surface area contributed by atoms with Crippen molar-refractivity contribution < 1.29 is 9.13 Å². The summed E-state index contributed by atoms with van der Waals surface area (Å²) in [6.07, 6.45) is 5.26. The summed E-state index contributed by atoms with van der Waals surface area (Å²) in [5.74, 6) is 2.95. The van der Waals surface area contributed by atoms with Crippen LogP contribution in [0.25, 0.3) is 0 Å². The Balaban J connectivity index is 2.07. The van der Waals surface area contributed by atoms with Crippen molar-refractivity contribution in [3.63, 3.8) is 0 Å². The van der Waals surface area contributed by atoms with Crippen molar-refractivity contribution in [2.45, 2.75) is 6.04 Å². The number of nitrogens with one attached hydrogen (secondary N) is 2. The molecule has 0 aliphatic carbocycles. The molecule has 0 saturated carbocycles. The highest BCUT2D eigenvalue weighted by atomic mass is 19.1. The molecule has 5 nitrogen and oxygen atoms in total. The molecule has 2 rings (SSSR count). The molecule has 0 bridgehead atoms. The van der Waals surface area contributed by atoms with E-state index >= 15 is 0 Å². The molecule has 1 aliphatic rings. The Morgan fingerprint density at radius 2 is 2.04 bits per heavy atom. The first kappa shape index (κ1) is 17.3. The lowest BCUT2D eigenvalue weighted by atomic mass is 10.0. The molecule has 2 N–H and O–H groups in total. The van der Waals surface area contributed by atoms with Gasteiger partial charge in [0.25, 0.3) is 0 Å². The number of terminal acetylenes is 1. The molecule has 1 aromatic carbocycles. The summed E-state index contributed by atoms with van der Waals surface area (Å²) in [5.41, 5.74) is 1.06. The SMILES string of the molecule is C#CCNC(=NC)NCC(c1ccc(F)cc1)N1CCOCC1. The molecule has 0 radical (unpaired) electrons. The van der Waals surface area contributed by atoms with Crippen molar-refractivity contribution in [1.82, 2.24) is 15.5 Å². The molecule has 1 saturated heterocycles. The third kappa shape index (κ3) is 5.23. The van der Waals surface area contributed by atoms with Crippen LogP contribution in [0.3, 0.4) is 0 Å². The number of nitrogens with zero attached hydrogens (tertiary/aromatic N) is 2. The van der Waals surface area contributed by atoms with Gasteiger partial charge in [-0.2, -0.15) is 0 Å². The minimum Gasteiger partial charge on any atom is -0.379 e.